The van der Waals surface area contributed by atoms with Gasteiger partial charge in [0.1, 0.15) is 5.78 Å². The number of aromatic nitrogens is 1. The van der Waals surface area contributed by atoms with E-state index in [-0.39, 0.29) is 5.78 Å². The highest BCUT2D eigenvalue weighted by molar-refractivity contribution is 6.35. The van der Waals surface area contributed by atoms with Crippen LogP contribution in [0, 0.1) is 0 Å². The van der Waals surface area contributed by atoms with Gasteiger partial charge in [-0.15, -0.1) is 0 Å². The zero-order valence-electron chi connectivity index (χ0n) is 12.4. The molecule has 0 aliphatic rings. The molecule has 0 bridgehead atoms. The Kier molecular flexibility index (Phi) is 4.85. The van der Waals surface area contributed by atoms with Gasteiger partial charge >= 0.3 is 0 Å². The van der Waals surface area contributed by atoms with Crippen molar-refractivity contribution < 1.29 is 4.79 Å². The Morgan fingerprint density at radius 3 is 2.43 bits per heavy atom. The maximum absolute atomic E-state index is 12.3. The van der Waals surface area contributed by atoms with Crippen LogP contribution in [0.1, 0.15) is 11.3 Å². The Morgan fingerprint density at radius 1 is 0.913 bits per heavy atom. The minimum Gasteiger partial charge on any atom is -0.358 e. The van der Waals surface area contributed by atoms with Crippen LogP contribution in [-0.2, 0) is 17.6 Å². The van der Waals surface area contributed by atoms with E-state index >= 15 is 0 Å². The molecule has 3 rings (SSSR count). The van der Waals surface area contributed by atoms with E-state index in [2.05, 4.69) is 4.98 Å². The number of aromatic amines is 1. The molecule has 1 heterocycles. The molecule has 0 atom stereocenters. The summed E-state index contributed by atoms with van der Waals surface area (Å²) >= 11 is 12.0. The Balaban J connectivity index is 1.68. The fraction of sp³-hybridized carbons (Fsp3) is 0.105. The third kappa shape index (κ3) is 4.04. The first-order valence-corrected chi connectivity index (χ1v) is 8.06. The van der Waals surface area contributed by atoms with Crippen molar-refractivity contribution in [3.63, 3.8) is 0 Å². The number of halogens is 2. The van der Waals surface area contributed by atoms with Crippen molar-refractivity contribution in [2.45, 2.75) is 12.8 Å². The molecule has 3 aromatic rings. The van der Waals surface area contributed by atoms with Gasteiger partial charge in [0, 0.05) is 34.3 Å². The van der Waals surface area contributed by atoms with Gasteiger partial charge in [0.25, 0.3) is 0 Å². The van der Waals surface area contributed by atoms with Crippen LogP contribution >= 0.6 is 23.2 Å². The van der Waals surface area contributed by atoms with Crippen molar-refractivity contribution in [2.75, 3.05) is 0 Å². The third-order valence-corrected chi connectivity index (χ3v) is 4.21. The lowest BCUT2D eigenvalue weighted by atomic mass is 10.1. The molecule has 0 amide bonds. The van der Waals surface area contributed by atoms with Crippen molar-refractivity contribution in [1.82, 2.24) is 4.98 Å². The number of carbonyl (C=O) groups excluding carboxylic acids is 1. The van der Waals surface area contributed by atoms with Gasteiger partial charge in [0.05, 0.1) is 0 Å². The molecule has 1 N–H and O–H groups in total. The number of benzene rings is 2. The summed E-state index contributed by atoms with van der Waals surface area (Å²) in [5.41, 5.74) is 3.82. The quantitative estimate of drug-likeness (QED) is 0.666. The van der Waals surface area contributed by atoms with Crippen molar-refractivity contribution >= 4 is 29.0 Å². The largest absolute Gasteiger partial charge is 0.358 e. The molecule has 0 saturated heterocycles. The molecule has 0 unspecified atom stereocenters. The van der Waals surface area contributed by atoms with Crippen LogP contribution in [0.3, 0.4) is 0 Å². The van der Waals surface area contributed by atoms with E-state index in [9.17, 15) is 4.79 Å². The molecule has 0 fully saturated rings. The van der Waals surface area contributed by atoms with Crippen molar-refractivity contribution in [3.8, 4) is 11.3 Å². The minimum atomic E-state index is 0.107. The molecule has 0 aliphatic heterocycles. The summed E-state index contributed by atoms with van der Waals surface area (Å²) in [5, 5.41) is 1.10. The molecule has 2 aromatic carbocycles. The Morgan fingerprint density at radius 2 is 1.70 bits per heavy atom. The van der Waals surface area contributed by atoms with Crippen LogP contribution in [0.25, 0.3) is 11.3 Å². The molecule has 0 radical (unpaired) electrons. The van der Waals surface area contributed by atoms with E-state index in [1.165, 1.54) is 0 Å². The van der Waals surface area contributed by atoms with E-state index in [1.807, 2.05) is 42.5 Å². The van der Waals surface area contributed by atoms with Crippen molar-refractivity contribution in [2.24, 2.45) is 0 Å². The zero-order chi connectivity index (χ0) is 16.2. The summed E-state index contributed by atoms with van der Waals surface area (Å²) in [4.78, 5) is 15.5. The summed E-state index contributed by atoms with van der Waals surface area (Å²) in [6.07, 6.45) is 0.654. The number of hydrogen-bond donors (Lipinski definition) is 1. The van der Waals surface area contributed by atoms with Crippen LogP contribution < -0.4 is 0 Å². The van der Waals surface area contributed by atoms with Gasteiger partial charge in [-0.3, -0.25) is 4.79 Å². The van der Waals surface area contributed by atoms with Gasteiger partial charge in [-0.2, -0.15) is 0 Å². The number of ketones is 1. The van der Waals surface area contributed by atoms with Gasteiger partial charge in [-0.05, 0) is 35.4 Å². The molecular formula is C19H15Cl2NO. The smallest absolute Gasteiger partial charge is 0.143 e. The van der Waals surface area contributed by atoms with E-state index < -0.39 is 0 Å². The van der Waals surface area contributed by atoms with Crippen LogP contribution in [0.15, 0.2) is 60.7 Å². The van der Waals surface area contributed by atoms with E-state index in [0.29, 0.717) is 22.9 Å². The average Bonchev–Trinajstić information content (AvgIpc) is 2.99. The fourth-order valence-corrected chi connectivity index (χ4v) is 2.96. The molecular weight excluding hydrogens is 329 g/mol. The Bertz CT molecular complexity index is 824. The van der Waals surface area contributed by atoms with Crippen LogP contribution in [0.2, 0.25) is 10.0 Å². The highest BCUT2D eigenvalue weighted by atomic mass is 35.5. The summed E-state index contributed by atoms with van der Waals surface area (Å²) in [5.74, 6) is 0.107. The normalized spacial score (nSPS) is 10.7. The molecule has 23 heavy (non-hydrogen) atoms. The molecule has 0 saturated carbocycles. The van der Waals surface area contributed by atoms with Gasteiger partial charge in [-0.1, -0.05) is 59.6 Å². The highest BCUT2D eigenvalue weighted by Gasteiger charge is 2.10. The van der Waals surface area contributed by atoms with Crippen molar-refractivity contribution in [1.29, 1.82) is 0 Å². The van der Waals surface area contributed by atoms with E-state index in [4.69, 9.17) is 23.2 Å². The predicted molar refractivity (Wildman–Crippen MR) is 95.1 cm³/mol. The average molecular weight is 344 g/mol. The second kappa shape index (κ2) is 7.03. The first-order chi connectivity index (χ1) is 11.1. The lowest BCUT2D eigenvalue weighted by Gasteiger charge is -2.04. The molecule has 4 heteroatoms. The van der Waals surface area contributed by atoms with Crippen LogP contribution in [-0.4, -0.2) is 10.8 Å². The van der Waals surface area contributed by atoms with Gasteiger partial charge in [0.2, 0.25) is 0 Å². The third-order valence-electron chi connectivity index (χ3n) is 3.62. The number of carbonyl (C=O) groups is 1. The summed E-state index contributed by atoms with van der Waals surface area (Å²) in [7, 11) is 0. The molecule has 0 aliphatic carbocycles. The SMILES string of the molecule is O=C(Cc1ccc(-c2ccccc2)[nH]1)Cc1ccc(Cl)cc1Cl. The summed E-state index contributed by atoms with van der Waals surface area (Å²) in [6.45, 7) is 0. The Hall–Kier alpha value is -2.03. The number of hydrogen-bond acceptors (Lipinski definition) is 1. The predicted octanol–water partition coefficient (Wildman–Crippen LogP) is 5.34. The molecule has 116 valence electrons. The highest BCUT2D eigenvalue weighted by Crippen LogP contribution is 2.22. The lowest BCUT2D eigenvalue weighted by molar-refractivity contribution is -0.117. The summed E-state index contributed by atoms with van der Waals surface area (Å²) < 4.78 is 0. The molecule has 1 aromatic heterocycles. The lowest BCUT2D eigenvalue weighted by Crippen LogP contribution is -2.07. The van der Waals surface area contributed by atoms with E-state index in [0.717, 1.165) is 22.5 Å². The standard InChI is InChI=1S/C19H15Cl2NO/c20-15-7-6-14(18(21)11-15)10-17(23)12-16-8-9-19(22-16)13-4-2-1-3-5-13/h1-9,11,22H,10,12H2. The zero-order valence-corrected chi connectivity index (χ0v) is 13.9. The number of H-pyrrole nitrogens is 1. The van der Waals surface area contributed by atoms with Gasteiger partial charge in [0.15, 0.2) is 0 Å². The topological polar surface area (TPSA) is 32.9 Å². The summed E-state index contributed by atoms with van der Waals surface area (Å²) in [6, 6.07) is 19.2. The van der Waals surface area contributed by atoms with Crippen molar-refractivity contribution in [3.05, 3.63) is 82.0 Å². The number of rotatable bonds is 5. The number of nitrogens with one attached hydrogen (secondary N) is 1. The maximum atomic E-state index is 12.3. The van der Waals surface area contributed by atoms with E-state index in [1.54, 1.807) is 18.2 Å². The second-order valence-electron chi connectivity index (χ2n) is 5.39. The monoisotopic (exact) mass is 343 g/mol. The second-order valence-corrected chi connectivity index (χ2v) is 6.23. The molecule has 0 spiro atoms. The fourth-order valence-electron chi connectivity index (χ4n) is 2.48. The van der Waals surface area contributed by atoms with Gasteiger partial charge in [-0.25, -0.2) is 0 Å². The first kappa shape index (κ1) is 15.9. The van der Waals surface area contributed by atoms with Gasteiger partial charge < -0.3 is 4.98 Å². The maximum Gasteiger partial charge on any atom is 0.143 e. The Labute approximate surface area is 145 Å². The minimum absolute atomic E-state index is 0.107. The first-order valence-electron chi connectivity index (χ1n) is 7.31. The molecule has 2 nitrogen and oxygen atoms in total. The van der Waals surface area contributed by atoms with Crippen LogP contribution in [0.5, 0.6) is 0 Å². The number of Topliss-reactive ketones (excluding diaryl/α,β-unsaturated/α-hetero) is 1. The van der Waals surface area contributed by atoms with Crippen LogP contribution in [0.4, 0.5) is 0 Å².